The molecule has 170 valence electrons. The Bertz CT molecular complexity index is 1180. The second-order valence-electron chi connectivity index (χ2n) is 7.54. The zero-order valence-corrected chi connectivity index (χ0v) is 19.3. The number of aliphatic hydroxyl groups is 1. The van der Waals surface area contributed by atoms with Gasteiger partial charge in [0.05, 0.1) is 30.0 Å². The maximum absolute atomic E-state index is 12.1. The van der Waals surface area contributed by atoms with E-state index in [1.807, 2.05) is 43.5 Å². The predicted molar refractivity (Wildman–Crippen MR) is 130 cm³/mol. The van der Waals surface area contributed by atoms with E-state index in [1.54, 1.807) is 29.2 Å². The predicted octanol–water partition coefficient (Wildman–Crippen LogP) is 5.08. The lowest BCUT2D eigenvalue weighted by Crippen LogP contribution is -2.26. The van der Waals surface area contributed by atoms with Crippen molar-refractivity contribution in [1.29, 1.82) is 5.41 Å². The molecule has 2 aromatic carbocycles. The fraction of sp³-hybridized carbons (Fsp3) is 0.240. The number of rotatable bonds is 8. The number of anilines is 1. The number of aliphatic hydroxyl groups excluding tert-OH is 1. The molecule has 0 fully saturated rings. The first-order valence-corrected chi connectivity index (χ1v) is 11.5. The first kappa shape index (κ1) is 22.7. The lowest BCUT2D eigenvalue weighted by molar-refractivity contribution is 0.0335. The highest BCUT2D eigenvalue weighted by molar-refractivity contribution is 7.11. The van der Waals surface area contributed by atoms with Crippen molar-refractivity contribution < 1.29 is 19.4 Å². The van der Waals surface area contributed by atoms with Gasteiger partial charge in [-0.05, 0) is 38.1 Å². The number of nitrogens with one attached hydrogen (secondary N) is 1. The van der Waals surface area contributed by atoms with Crippen LogP contribution in [-0.2, 0) is 9.47 Å². The molecule has 3 aromatic rings. The van der Waals surface area contributed by atoms with Gasteiger partial charge in [-0.3, -0.25) is 5.41 Å². The fourth-order valence-electron chi connectivity index (χ4n) is 3.47. The van der Waals surface area contributed by atoms with Gasteiger partial charge in [-0.2, -0.15) is 0 Å². The van der Waals surface area contributed by atoms with Gasteiger partial charge in [0.1, 0.15) is 23.2 Å². The van der Waals surface area contributed by atoms with Crippen molar-refractivity contribution in [3.63, 3.8) is 0 Å². The monoisotopic (exact) mass is 463 g/mol. The summed E-state index contributed by atoms with van der Waals surface area (Å²) in [6.45, 7) is 5.22. The molecule has 1 aliphatic heterocycles. The molecule has 0 aliphatic carbocycles. The first-order chi connectivity index (χ1) is 16.0. The molecule has 7 nitrogen and oxygen atoms in total. The Kier molecular flexibility index (Phi) is 6.86. The van der Waals surface area contributed by atoms with Crippen LogP contribution in [0.1, 0.15) is 27.9 Å². The first-order valence-electron chi connectivity index (χ1n) is 10.6. The van der Waals surface area contributed by atoms with E-state index in [-0.39, 0.29) is 24.7 Å². The van der Waals surface area contributed by atoms with Gasteiger partial charge in [0.15, 0.2) is 0 Å². The van der Waals surface area contributed by atoms with Crippen molar-refractivity contribution in [3.8, 4) is 11.3 Å². The van der Waals surface area contributed by atoms with Crippen molar-refractivity contribution in [1.82, 2.24) is 4.98 Å². The van der Waals surface area contributed by atoms with E-state index in [1.165, 1.54) is 16.9 Å². The molecule has 1 aliphatic rings. The van der Waals surface area contributed by atoms with Crippen molar-refractivity contribution in [2.24, 2.45) is 0 Å². The summed E-state index contributed by atoms with van der Waals surface area (Å²) in [5.41, 5.74) is 4.52. The number of aromatic nitrogens is 1. The summed E-state index contributed by atoms with van der Waals surface area (Å²) < 4.78 is 10.3. The SMILES string of the molecule is CCOCCOC(=O)c1ccc(N2CC(O)=C(c3nc(-c4ccc(C)cc4)cs3)C2=N)cc1. The molecule has 1 aromatic heterocycles. The van der Waals surface area contributed by atoms with Gasteiger partial charge in [0, 0.05) is 23.2 Å². The lowest BCUT2D eigenvalue weighted by atomic mass is 10.1. The van der Waals surface area contributed by atoms with Crippen molar-refractivity contribution in [3.05, 3.63) is 75.8 Å². The highest BCUT2D eigenvalue weighted by atomic mass is 32.1. The number of ether oxygens (including phenoxy) is 2. The number of benzene rings is 2. The molecule has 0 radical (unpaired) electrons. The normalized spacial score (nSPS) is 13.6. The van der Waals surface area contributed by atoms with E-state index >= 15 is 0 Å². The Morgan fingerprint density at radius 1 is 1.15 bits per heavy atom. The van der Waals surface area contributed by atoms with Crippen LogP contribution in [0.5, 0.6) is 0 Å². The maximum atomic E-state index is 12.1. The van der Waals surface area contributed by atoms with Crippen LogP contribution >= 0.6 is 11.3 Å². The summed E-state index contributed by atoms with van der Waals surface area (Å²) in [5, 5.41) is 21.8. The molecular weight excluding hydrogens is 438 g/mol. The third-order valence-corrected chi connectivity index (χ3v) is 6.11. The van der Waals surface area contributed by atoms with E-state index in [0.29, 0.717) is 35.0 Å². The second-order valence-corrected chi connectivity index (χ2v) is 8.40. The molecular formula is C25H25N3O4S. The average molecular weight is 464 g/mol. The van der Waals surface area contributed by atoms with Gasteiger partial charge in [0.25, 0.3) is 0 Å². The molecule has 0 saturated heterocycles. The Labute approximate surface area is 196 Å². The topological polar surface area (TPSA) is 95.7 Å². The molecule has 0 atom stereocenters. The number of esters is 1. The number of nitrogens with zero attached hydrogens (tertiary/aromatic N) is 2. The van der Waals surface area contributed by atoms with E-state index in [9.17, 15) is 9.90 Å². The maximum Gasteiger partial charge on any atom is 0.338 e. The Morgan fingerprint density at radius 3 is 2.58 bits per heavy atom. The third-order valence-electron chi connectivity index (χ3n) is 5.25. The molecule has 33 heavy (non-hydrogen) atoms. The minimum absolute atomic E-state index is 0.101. The standard InChI is InChI=1S/C25H25N3O4S/c1-3-31-12-13-32-25(30)18-8-10-19(11-9-18)28-14-21(29)22(23(28)26)24-27-20(15-33-24)17-6-4-16(2)5-7-17/h4-11,15,26,29H,3,12-14H2,1-2H3. The van der Waals surface area contributed by atoms with Crippen LogP contribution in [0.4, 0.5) is 5.69 Å². The summed E-state index contributed by atoms with van der Waals surface area (Å²) in [5.74, 6) is -0.153. The van der Waals surface area contributed by atoms with Crippen molar-refractivity contribution in [2.45, 2.75) is 13.8 Å². The van der Waals surface area contributed by atoms with Crippen LogP contribution in [0, 0.1) is 12.3 Å². The van der Waals surface area contributed by atoms with Gasteiger partial charge in [-0.15, -0.1) is 11.3 Å². The Balaban J connectivity index is 1.46. The molecule has 0 spiro atoms. The van der Waals surface area contributed by atoms with Crippen LogP contribution in [0.2, 0.25) is 0 Å². The van der Waals surface area contributed by atoms with Gasteiger partial charge < -0.3 is 19.5 Å². The molecule has 2 heterocycles. The third kappa shape index (κ3) is 4.97. The average Bonchev–Trinajstić information content (AvgIpc) is 3.41. The quantitative estimate of drug-likeness (QED) is 0.357. The zero-order valence-electron chi connectivity index (χ0n) is 18.5. The van der Waals surface area contributed by atoms with E-state index in [0.717, 1.165) is 11.3 Å². The summed E-state index contributed by atoms with van der Waals surface area (Å²) in [6.07, 6.45) is 0. The minimum Gasteiger partial charge on any atom is -0.510 e. The van der Waals surface area contributed by atoms with Gasteiger partial charge in [-0.1, -0.05) is 29.8 Å². The van der Waals surface area contributed by atoms with E-state index < -0.39 is 5.97 Å². The number of thiazole rings is 1. The van der Waals surface area contributed by atoms with E-state index in [2.05, 4.69) is 4.98 Å². The van der Waals surface area contributed by atoms with Crippen LogP contribution in [0.25, 0.3) is 16.8 Å². The Morgan fingerprint density at radius 2 is 1.88 bits per heavy atom. The zero-order chi connectivity index (χ0) is 23.4. The van der Waals surface area contributed by atoms with Gasteiger partial charge in [-0.25, -0.2) is 9.78 Å². The fourth-order valence-corrected chi connectivity index (χ4v) is 4.36. The molecule has 0 unspecified atom stereocenters. The van der Waals surface area contributed by atoms with Crippen molar-refractivity contribution in [2.75, 3.05) is 31.3 Å². The number of hydrogen-bond donors (Lipinski definition) is 2. The molecule has 8 heteroatoms. The van der Waals surface area contributed by atoms with Crippen LogP contribution < -0.4 is 4.90 Å². The van der Waals surface area contributed by atoms with Crippen LogP contribution in [0.3, 0.4) is 0 Å². The molecule has 0 saturated carbocycles. The molecule has 2 N–H and O–H groups in total. The number of carbonyl (C=O) groups excluding carboxylic acids is 1. The molecule has 0 bridgehead atoms. The van der Waals surface area contributed by atoms with Crippen molar-refractivity contribution >= 4 is 34.4 Å². The van der Waals surface area contributed by atoms with Crippen LogP contribution in [0.15, 0.2) is 59.7 Å². The smallest absolute Gasteiger partial charge is 0.338 e. The Hall–Kier alpha value is -3.49. The summed E-state index contributed by atoms with van der Waals surface area (Å²) in [6, 6.07) is 14.9. The number of aryl methyl sites for hydroxylation is 1. The molecule has 0 amide bonds. The van der Waals surface area contributed by atoms with Gasteiger partial charge >= 0.3 is 5.97 Å². The summed E-state index contributed by atoms with van der Waals surface area (Å²) in [4.78, 5) is 18.5. The summed E-state index contributed by atoms with van der Waals surface area (Å²) >= 11 is 1.40. The largest absolute Gasteiger partial charge is 0.510 e. The summed E-state index contributed by atoms with van der Waals surface area (Å²) in [7, 11) is 0. The highest BCUT2D eigenvalue weighted by Crippen LogP contribution is 2.34. The highest BCUT2D eigenvalue weighted by Gasteiger charge is 2.31. The van der Waals surface area contributed by atoms with Gasteiger partial charge in [0.2, 0.25) is 0 Å². The van der Waals surface area contributed by atoms with Crippen LogP contribution in [-0.4, -0.2) is 48.3 Å². The van der Waals surface area contributed by atoms with E-state index in [4.69, 9.17) is 14.9 Å². The minimum atomic E-state index is -0.425. The number of hydrogen-bond acceptors (Lipinski definition) is 7. The lowest BCUT2D eigenvalue weighted by Gasteiger charge is -2.18. The number of carbonyl (C=O) groups is 1. The molecule has 4 rings (SSSR count). The second kappa shape index (κ2) is 9.97. The number of amidine groups is 1.